The van der Waals surface area contributed by atoms with E-state index in [4.69, 9.17) is 15.2 Å². The molecular weight excluding hydrogens is 368 g/mol. The van der Waals surface area contributed by atoms with Crippen molar-refractivity contribution in [2.75, 3.05) is 6.61 Å². The van der Waals surface area contributed by atoms with Crippen LogP contribution in [0.1, 0.15) is 20.3 Å². The number of benzene rings is 1. The Labute approximate surface area is 142 Å². The number of amides is 3. The molecule has 0 radical (unpaired) electrons. The molecule has 3 amide bonds. The van der Waals surface area contributed by atoms with Gasteiger partial charge in [-0.15, -0.1) is 0 Å². The van der Waals surface area contributed by atoms with Crippen LogP contribution in [-0.4, -0.2) is 30.6 Å². The number of esters is 1. The Morgan fingerprint density at radius 2 is 2.00 bits per heavy atom. The average Bonchev–Trinajstić information content (AvgIpc) is 2.43. The maximum atomic E-state index is 11.8. The van der Waals surface area contributed by atoms with E-state index in [1.165, 1.54) is 0 Å². The maximum absolute atomic E-state index is 11.8. The Bertz CT molecular complexity index is 577. The fourth-order valence-corrected chi connectivity index (χ4v) is 2.07. The van der Waals surface area contributed by atoms with Crippen molar-refractivity contribution in [2.24, 2.45) is 11.7 Å². The van der Waals surface area contributed by atoms with Crippen LogP contribution in [0.3, 0.4) is 0 Å². The van der Waals surface area contributed by atoms with Crippen molar-refractivity contribution in [2.45, 2.75) is 26.4 Å². The number of hydrogen-bond donors (Lipinski definition) is 2. The van der Waals surface area contributed by atoms with Crippen molar-refractivity contribution in [3.63, 3.8) is 0 Å². The van der Waals surface area contributed by atoms with Gasteiger partial charge in [-0.1, -0.05) is 35.8 Å². The number of carbonyl (C=O) groups is 3. The molecule has 0 saturated carbocycles. The van der Waals surface area contributed by atoms with E-state index >= 15 is 0 Å². The number of imide groups is 1. The molecule has 0 bridgehead atoms. The summed E-state index contributed by atoms with van der Waals surface area (Å²) in [4.78, 5) is 34.2. The molecule has 0 aliphatic carbocycles. The molecule has 8 heteroatoms. The standard InChI is InChI=1S/C15H19BrN2O5/c1-9(2)13(14(20)18-15(17)21)23-12(19)6-7-22-11-5-3-4-10(16)8-11/h3-5,8-9,13H,6-7H2,1-2H3,(H3,17,18,20,21)/t13-/m0/s1. The lowest BCUT2D eigenvalue weighted by atomic mass is 10.1. The topological polar surface area (TPSA) is 108 Å². The third-order valence-electron chi connectivity index (χ3n) is 2.74. The van der Waals surface area contributed by atoms with E-state index in [2.05, 4.69) is 15.9 Å². The number of primary amides is 1. The van der Waals surface area contributed by atoms with Gasteiger partial charge < -0.3 is 15.2 Å². The van der Waals surface area contributed by atoms with Gasteiger partial charge in [0.15, 0.2) is 6.10 Å². The van der Waals surface area contributed by atoms with E-state index in [-0.39, 0.29) is 18.9 Å². The molecule has 1 atom stereocenters. The summed E-state index contributed by atoms with van der Waals surface area (Å²) in [6.45, 7) is 3.49. The molecule has 0 heterocycles. The van der Waals surface area contributed by atoms with Gasteiger partial charge >= 0.3 is 12.0 Å². The minimum absolute atomic E-state index is 0.0282. The van der Waals surface area contributed by atoms with Crippen molar-refractivity contribution in [3.8, 4) is 5.75 Å². The van der Waals surface area contributed by atoms with Gasteiger partial charge in [-0.3, -0.25) is 14.9 Å². The molecule has 0 spiro atoms. The lowest BCUT2D eigenvalue weighted by Crippen LogP contribution is -2.45. The van der Waals surface area contributed by atoms with Crippen LogP contribution >= 0.6 is 15.9 Å². The van der Waals surface area contributed by atoms with Crippen LogP contribution in [0.5, 0.6) is 5.75 Å². The number of hydrogen-bond acceptors (Lipinski definition) is 5. The highest BCUT2D eigenvalue weighted by atomic mass is 79.9. The molecule has 0 aliphatic rings. The Kier molecular flexibility index (Phi) is 7.53. The fraction of sp³-hybridized carbons (Fsp3) is 0.400. The number of halogens is 1. The highest BCUT2D eigenvalue weighted by Crippen LogP contribution is 2.18. The summed E-state index contributed by atoms with van der Waals surface area (Å²) in [7, 11) is 0. The molecule has 1 aromatic rings. The van der Waals surface area contributed by atoms with Gasteiger partial charge in [0.05, 0.1) is 13.0 Å². The van der Waals surface area contributed by atoms with Gasteiger partial charge in [-0.2, -0.15) is 0 Å². The largest absolute Gasteiger partial charge is 0.493 e. The van der Waals surface area contributed by atoms with Crippen LogP contribution in [0.4, 0.5) is 4.79 Å². The van der Waals surface area contributed by atoms with Gasteiger partial charge in [0.25, 0.3) is 5.91 Å². The van der Waals surface area contributed by atoms with Crippen molar-refractivity contribution in [3.05, 3.63) is 28.7 Å². The molecule has 0 fully saturated rings. The Morgan fingerprint density at radius 1 is 1.30 bits per heavy atom. The monoisotopic (exact) mass is 386 g/mol. The Hall–Kier alpha value is -2.09. The van der Waals surface area contributed by atoms with Crippen LogP contribution in [0.15, 0.2) is 28.7 Å². The number of urea groups is 1. The van der Waals surface area contributed by atoms with E-state index in [1.807, 2.05) is 11.4 Å². The second kappa shape index (κ2) is 9.14. The lowest BCUT2D eigenvalue weighted by Gasteiger charge is -2.19. The first-order chi connectivity index (χ1) is 10.8. The molecule has 0 unspecified atom stereocenters. The summed E-state index contributed by atoms with van der Waals surface area (Å²) in [5.41, 5.74) is 4.88. The van der Waals surface area contributed by atoms with Crippen LogP contribution in [0.2, 0.25) is 0 Å². The summed E-state index contributed by atoms with van der Waals surface area (Å²) < 4.78 is 11.4. The molecule has 1 rings (SSSR count). The summed E-state index contributed by atoms with van der Waals surface area (Å²) in [6.07, 6.45) is -1.11. The Morgan fingerprint density at radius 3 is 2.57 bits per heavy atom. The first-order valence-corrected chi connectivity index (χ1v) is 7.77. The molecule has 0 aliphatic heterocycles. The van der Waals surface area contributed by atoms with Gasteiger partial charge in [0.1, 0.15) is 5.75 Å². The first-order valence-electron chi connectivity index (χ1n) is 6.97. The highest BCUT2D eigenvalue weighted by Gasteiger charge is 2.27. The smallest absolute Gasteiger partial charge is 0.318 e. The summed E-state index contributed by atoms with van der Waals surface area (Å²) in [5, 5.41) is 1.90. The quantitative estimate of drug-likeness (QED) is 0.696. The summed E-state index contributed by atoms with van der Waals surface area (Å²) >= 11 is 3.31. The van der Waals surface area contributed by atoms with Gasteiger partial charge in [-0.05, 0) is 24.1 Å². The highest BCUT2D eigenvalue weighted by molar-refractivity contribution is 9.10. The van der Waals surface area contributed by atoms with Crippen LogP contribution < -0.4 is 15.8 Å². The number of carbonyl (C=O) groups excluding carboxylic acids is 3. The molecule has 23 heavy (non-hydrogen) atoms. The third kappa shape index (κ3) is 7.14. The molecule has 3 N–H and O–H groups in total. The molecule has 0 aromatic heterocycles. The zero-order valence-electron chi connectivity index (χ0n) is 12.9. The molecule has 1 aromatic carbocycles. The lowest BCUT2D eigenvalue weighted by molar-refractivity contribution is -0.158. The normalized spacial score (nSPS) is 11.7. The summed E-state index contributed by atoms with van der Waals surface area (Å²) in [6, 6.07) is 6.19. The average molecular weight is 387 g/mol. The van der Waals surface area contributed by atoms with Crippen molar-refractivity contribution in [1.29, 1.82) is 0 Å². The van der Waals surface area contributed by atoms with E-state index in [9.17, 15) is 14.4 Å². The van der Waals surface area contributed by atoms with Gasteiger partial charge in [0, 0.05) is 4.47 Å². The van der Waals surface area contributed by atoms with Crippen LogP contribution in [0.25, 0.3) is 0 Å². The van der Waals surface area contributed by atoms with Gasteiger partial charge in [-0.25, -0.2) is 4.79 Å². The van der Waals surface area contributed by atoms with E-state index in [0.29, 0.717) is 5.75 Å². The minimum atomic E-state index is -1.08. The number of ether oxygens (including phenoxy) is 2. The molecule has 0 saturated heterocycles. The molecule has 7 nitrogen and oxygen atoms in total. The molecule has 126 valence electrons. The van der Waals surface area contributed by atoms with Crippen LogP contribution in [-0.2, 0) is 14.3 Å². The van der Waals surface area contributed by atoms with E-state index in [0.717, 1.165) is 4.47 Å². The van der Waals surface area contributed by atoms with E-state index < -0.39 is 24.0 Å². The first kappa shape index (κ1) is 19.0. The SMILES string of the molecule is CC(C)[C@H](OC(=O)CCOc1cccc(Br)c1)C(=O)NC(N)=O. The van der Waals surface area contributed by atoms with Gasteiger partial charge in [0.2, 0.25) is 0 Å². The minimum Gasteiger partial charge on any atom is -0.493 e. The Balaban J connectivity index is 2.46. The third-order valence-corrected chi connectivity index (χ3v) is 3.23. The zero-order chi connectivity index (χ0) is 17.4. The van der Waals surface area contributed by atoms with Crippen LogP contribution in [0, 0.1) is 5.92 Å². The molecular formula is C15H19BrN2O5. The van der Waals surface area contributed by atoms with Crippen molar-refractivity contribution < 1.29 is 23.9 Å². The predicted octanol–water partition coefficient (Wildman–Crippen LogP) is 1.98. The van der Waals surface area contributed by atoms with Crippen molar-refractivity contribution in [1.82, 2.24) is 5.32 Å². The second-order valence-electron chi connectivity index (χ2n) is 5.06. The second-order valence-corrected chi connectivity index (χ2v) is 5.98. The number of nitrogens with one attached hydrogen (secondary N) is 1. The maximum Gasteiger partial charge on any atom is 0.318 e. The van der Waals surface area contributed by atoms with Crippen molar-refractivity contribution >= 4 is 33.8 Å². The fourth-order valence-electron chi connectivity index (χ4n) is 1.69. The number of nitrogens with two attached hydrogens (primary N) is 1. The zero-order valence-corrected chi connectivity index (χ0v) is 14.5. The number of rotatable bonds is 7. The summed E-state index contributed by atoms with van der Waals surface area (Å²) in [5.74, 6) is -1.03. The predicted molar refractivity (Wildman–Crippen MR) is 86.7 cm³/mol. The van der Waals surface area contributed by atoms with E-state index in [1.54, 1.807) is 32.0 Å².